The van der Waals surface area contributed by atoms with Gasteiger partial charge in [0, 0.05) is 44.0 Å². The summed E-state index contributed by atoms with van der Waals surface area (Å²) in [5, 5.41) is 3.11. The number of carbonyl (C=O) groups is 2. The Kier molecular flexibility index (Phi) is 7.18. The minimum absolute atomic E-state index is 0.00244. The molecule has 2 amide bonds. The van der Waals surface area contributed by atoms with Gasteiger partial charge in [-0.25, -0.2) is 0 Å². The molecule has 2 aromatic carbocycles. The molecule has 0 bridgehead atoms. The number of anilines is 1. The first-order valence-corrected chi connectivity index (χ1v) is 12.5. The third-order valence-corrected chi connectivity index (χ3v) is 7.39. The molecular weight excluding hydrogens is 462 g/mol. The first-order chi connectivity index (χ1) is 17.6. The van der Waals surface area contributed by atoms with E-state index in [9.17, 15) is 9.59 Å². The fourth-order valence-electron chi connectivity index (χ4n) is 5.49. The topological polar surface area (TPSA) is 89.6 Å². The third kappa shape index (κ3) is 4.93. The largest absolute Gasteiger partial charge is 0.497 e. The molecular formula is C27H33N3O6. The van der Waals surface area contributed by atoms with Crippen molar-refractivity contribution in [1.29, 1.82) is 0 Å². The molecule has 9 heteroatoms. The van der Waals surface area contributed by atoms with Gasteiger partial charge in [0.1, 0.15) is 11.5 Å². The number of rotatable bonds is 7. The highest BCUT2D eigenvalue weighted by Gasteiger charge is 2.38. The van der Waals surface area contributed by atoms with Gasteiger partial charge in [0.15, 0.2) is 11.5 Å². The van der Waals surface area contributed by atoms with Gasteiger partial charge in [0.25, 0.3) is 5.91 Å². The van der Waals surface area contributed by atoms with E-state index in [4.69, 9.17) is 18.9 Å². The highest BCUT2D eigenvalue weighted by molar-refractivity contribution is 5.97. The Balaban J connectivity index is 1.26. The van der Waals surface area contributed by atoms with Gasteiger partial charge in [-0.3, -0.25) is 14.5 Å². The van der Waals surface area contributed by atoms with Crippen molar-refractivity contribution in [2.45, 2.75) is 31.7 Å². The standard InChI is InChI=1S/C27H33N3O6/c1-33-20-8-9-21(23(16-20)34-2)27(32)30-13-11-29(12-14-30)25(18-5-3-4-6-18)26(31)28-19-7-10-22-24(15-19)36-17-35-22/h7-10,15-16,18,25H,3-6,11-14,17H2,1-2H3,(H,28,31). The van der Waals surface area contributed by atoms with Crippen LogP contribution in [0, 0.1) is 5.92 Å². The Morgan fingerprint density at radius 1 is 0.944 bits per heavy atom. The molecule has 3 aliphatic rings. The zero-order valence-electron chi connectivity index (χ0n) is 20.8. The molecule has 0 spiro atoms. The van der Waals surface area contributed by atoms with Gasteiger partial charge in [-0.15, -0.1) is 0 Å². The molecule has 2 heterocycles. The number of benzene rings is 2. The maximum atomic E-state index is 13.5. The van der Waals surface area contributed by atoms with Crippen molar-refractivity contribution < 1.29 is 28.5 Å². The summed E-state index contributed by atoms with van der Waals surface area (Å²) in [6.45, 7) is 2.58. The average molecular weight is 496 g/mol. The number of carbonyl (C=O) groups excluding carboxylic acids is 2. The fourth-order valence-corrected chi connectivity index (χ4v) is 5.49. The number of nitrogens with one attached hydrogen (secondary N) is 1. The lowest BCUT2D eigenvalue weighted by Gasteiger charge is -2.40. The summed E-state index contributed by atoms with van der Waals surface area (Å²) < 4.78 is 21.5. The molecule has 0 radical (unpaired) electrons. The van der Waals surface area contributed by atoms with Gasteiger partial charge in [-0.1, -0.05) is 12.8 Å². The van der Waals surface area contributed by atoms with Crippen molar-refractivity contribution in [2.75, 3.05) is 52.5 Å². The van der Waals surface area contributed by atoms with Crippen molar-refractivity contribution in [3.8, 4) is 23.0 Å². The van der Waals surface area contributed by atoms with Gasteiger partial charge in [0.05, 0.1) is 25.8 Å². The number of amides is 2. The molecule has 192 valence electrons. The average Bonchev–Trinajstić information content (AvgIpc) is 3.61. The molecule has 1 atom stereocenters. The SMILES string of the molecule is COc1ccc(C(=O)N2CCN(C(C(=O)Nc3ccc4c(c3)OCO4)C3CCCC3)CC2)c(OC)c1. The van der Waals surface area contributed by atoms with E-state index in [1.54, 1.807) is 32.4 Å². The number of fused-ring (bicyclic) bond motifs is 1. The summed E-state index contributed by atoms with van der Waals surface area (Å²) in [7, 11) is 3.13. The normalized spacial score (nSPS) is 18.7. The monoisotopic (exact) mass is 495 g/mol. The first kappa shape index (κ1) is 24.2. The van der Waals surface area contributed by atoms with Gasteiger partial charge in [-0.05, 0) is 43.0 Å². The molecule has 1 saturated carbocycles. The molecule has 2 fully saturated rings. The molecule has 1 unspecified atom stereocenters. The van der Waals surface area contributed by atoms with Crippen LogP contribution in [0.5, 0.6) is 23.0 Å². The van der Waals surface area contributed by atoms with E-state index < -0.39 is 0 Å². The maximum Gasteiger partial charge on any atom is 0.257 e. The van der Waals surface area contributed by atoms with Crippen LogP contribution in [-0.2, 0) is 4.79 Å². The van der Waals surface area contributed by atoms with Crippen LogP contribution in [0.15, 0.2) is 36.4 Å². The minimum atomic E-state index is -0.231. The lowest BCUT2D eigenvalue weighted by molar-refractivity contribution is -0.123. The lowest BCUT2D eigenvalue weighted by Crippen LogP contribution is -2.56. The molecule has 36 heavy (non-hydrogen) atoms. The molecule has 2 aromatic rings. The van der Waals surface area contributed by atoms with Gasteiger partial charge < -0.3 is 29.2 Å². The van der Waals surface area contributed by atoms with E-state index in [1.807, 2.05) is 23.1 Å². The Labute approximate surface area is 211 Å². The summed E-state index contributed by atoms with van der Waals surface area (Å²) in [4.78, 5) is 30.9. The molecule has 1 saturated heterocycles. The van der Waals surface area contributed by atoms with Crippen molar-refractivity contribution in [2.24, 2.45) is 5.92 Å². The molecule has 1 N–H and O–H groups in total. The van der Waals surface area contributed by atoms with Crippen LogP contribution < -0.4 is 24.3 Å². The number of piperazine rings is 1. The Morgan fingerprint density at radius 3 is 2.42 bits per heavy atom. The lowest BCUT2D eigenvalue weighted by atomic mass is 9.94. The Hall–Kier alpha value is -3.46. The predicted octanol–water partition coefficient (Wildman–Crippen LogP) is 3.39. The maximum absolute atomic E-state index is 13.5. The van der Waals surface area contributed by atoms with Crippen LogP contribution in [0.3, 0.4) is 0 Å². The second-order valence-corrected chi connectivity index (χ2v) is 9.44. The van der Waals surface area contributed by atoms with Crippen LogP contribution in [-0.4, -0.2) is 74.8 Å². The smallest absolute Gasteiger partial charge is 0.257 e. The molecule has 2 aliphatic heterocycles. The van der Waals surface area contributed by atoms with E-state index >= 15 is 0 Å². The second-order valence-electron chi connectivity index (χ2n) is 9.44. The summed E-state index contributed by atoms with van der Waals surface area (Å²) >= 11 is 0. The van der Waals surface area contributed by atoms with Crippen molar-refractivity contribution in [1.82, 2.24) is 9.80 Å². The molecule has 0 aromatic heterocycles. The van der Waals surface area contributed by atoms with Gasteiger partial charge in [0.2, 0.25) is 12.7 Å². The van der Waals surface area contributed by atoms with E-state index in [0.29, 0.717) is 66.3 Å². The van der Waals surface area contributed by atoms with Crippen molar-refractivity contribution in [3.63, 3.8) is 0 Å². The number of hydrogen-bond donors (Lipinski definition) is 1. The molecule has 9 nitrogen and oxygen atoms in total. The van der Waals surface area contributed by atoms with Crippen LogP contribution in [0.1, 0.15) is 36.0 Å². The van der Waals surface area contributed by atoms with Crippen molar-refractivity contribution in [3.05, 3.63) is 42.0 Å². The van der Waals surface area contributed by atoms with Crippen molar-refractivity contribution >= 4 is 17.5 Å². The van der Waals surface area contributed by atoms with Crippen LogP contribution in [0.4, 0.5) is 5.69 Å². The zero-order valence-corrected chi connectivity index (χ0v) is 20.8. The van der Waals surface area contributed by atoms with E-state index in [1.165, 1.54) is 0 Å². The highest BCUT2D eigenvalue weighted by Crippen LogP contribution is 2.36. The number of methoxy groups -OCH3 is 2. The zero-order chi connectivity index (χ0) is 25.1. The minimum Gasteiger partial charge on any atom is -0.497 e. The second kappa shape index (κ2) is 10.7. The van der Waals surface area contributed by atoms with Gasteiger partial charge >= 0.3 is 0 Å². The van der Waals surface area contributed by atoms with Crippen LogP contribution >= 0.6 is 0 Å². The first-order valence-electron chi connectivity index (χ1n) is 12.5. The van der Waals surface area contributed by atoms with E-state index in [-0.39, 0.29) is 24.6 Å². The van der Waals surface area contributed by atoms with Gasteiger partial charge in [-0.2, -0.15) is 0 Å². The van der Waals surface area contributed by atoms with Crippen LogP contribution in [0.25, 0.3) is 0 Å². The predicted molar refractivity (Wildman–Crippen MR) is 134 cm³/mol. The highest BCUT2D eigenvalue weighted by atomic mass is 16.7. The summed E-state index contributed by atoms with van der Waals surface area (Å²) in [5.41, 5.74) is 1.22. The van der Waals surface area contributed by atoms with E-state index in [0.717, 1.165) is 25.7 Å². The van der Waals surface area contributed by atoms with Crippen LogP contribution in [0.2, 0.25) is 0 Å². The number of hydrogen-bond acceptors (Lipinski definition) is 7. The fraction of sp³-hybridized carbons (Fsp3) is 0.481. The number of nitrogens with zero attached hydrogens (tertiary/aromatic N) is 2. The summed E-state index contributed by atoms with van der Waals surface area (Å²) in [6.07, 6.45) is 4.38. The Morgan fingerprint density at radius 2 is 1.69 bits per heavy atom. The third-order valence-electron chi connectivity index (χ3n) is 7.39. The van der Waals surface area contributed by atoms with E-state index in [2.05, 4.69) is 10.2 Å². The molecule has 5 rings (SSSR count). The Bertz CT molecular complexity index is 1110. The quantitative estimate of drug-likeness (QED) is 0.630. The summed E-state index contributed by atoms with van der Waals surface area (Å²) in [6, 6.07) is 10.5. The molecule has 1 aliphatic carbocycles. The summed E-state index contributed by atoms with van der Waals surface area (Å²) in [5.74, 6) is 2.70. The number of ether oxygens (including phenoxy) is 4.